The lowest BCUT2D eigenvalue weighted by Gasteiger charge is -2.07. The molecule has 3 heteroatoms. The molecule has 60 valence electrons. The van der Waals surface area contributed by atoms with Gasteiger partial charge in [0.15, 0.2) is 0 Å². The second kappa shape index (κ2) is 3.57. The maximum Gasteiger partial charge on any atom is 0.0454 e. The maximum atomic E-state index is 5.89. The Kier molecular flexibility index (Phi) is 2.93. The summed E-state index contributed by atoms with van der Waals surface area (Å²) in [6, 6.07) is 5.66. The number of hydrogen-bond donors (Lipinski definition) is 1. The molecule has 0 aliphatic heterocycles. The van der Waals surface area contributed by atoms with Crippen LogP contribution in [0.1, 0.15) is 18.5 Å². The van der Waals surface area contributed by atoms with Crippen molar-refractivity contribution in [1.29, 1.82) is 0 Å². The average molecular weight is 235 g/mol. The minimum atomic E-state index is -0.0139. The summed E-state index contributed by atoms with van der Waals surface area (Å²) in [5, 5.41) is 0.725. The molecule has 0 bridgehead atoms. The van der Waals surface area contributed by atoms with Crippen LogP contribution in [0.3, 0.4) is 0 Å². The Hall–Kier alpha value is -0.0500. The molecule has 1 aromatic rings. The Labute approximate surface area is 79.7 Å². The van der Waals surface area contributed by atoms with E-state index >= 15 is 0 Å². The molecular weight excluding hydrogens is 225 g/mol. The van der Waals surface area contributed by atoms with Crippen molar-refractivity contribution in [2.24, 2.45) is 5.73 Å². The lowest BCUT2D eigenvalue weighted by molar-refractivity contribution is 0.818. The fraction of sp³-hybridized carbons (Fsp3) is 0.250. The molecule has 0 saturated heterocycles. The van der Waals surface area contributed by atoms with Crippen LogP contribution in [-0.4, -0.2) is 0 Å². The summed E-state index contributed by atoms with van der Waals surface area (Å²) < 4.78 is 1.01. The minimum absolute atomic E-state index is 0.0139. The first kappa shape index (κ1) is 9.04. The van der Waals surface area contributed by atoms with Crippen LogP contribution in [0.4, 0.5) is 0 Å². The molecule has 1 aromatic carbocycles. The van der Waals surface area contributed by atoms with Crippen molar-refractivity contribution < 1.29 is 0 Å². The summed E-state index contributed by atoms with van der Waals surface area (Å²) in [7, 11) is 0. The predicted octanol–water partition coefficient (Wildman–Crippen LogP) is 3.12. The van der Waals surface area contributed by atoms with Gasteiger partial charge in [0.2, 0.25) is 0 Å². The lowest BCUT2D eigenvalue weighted by Crippen LogP contribution is -2.05. The van der Waals surface area contributed by atoms with Crippen molar-refractivity contribution >= 4 is 27.5 Å². The first-order valence-corrected chi connectivity index (χ1v) is 4.49. The standard InChI is InChI=1S/C8H9BrClN/c1-5(11)7-4-6(9)2-3-8(7)10/h2-5H,11H2,1H3/t5-/m0/s1. The zero-order valence-electron chi connectivity index (χ0n) is 6.14. The third-order valence-electron chi connectivity index (χ3n) is 1.45. The van der Waals surface area contributed by atoms with Gasteiger partial charge in [-0.1, -0.05) is 27.5 Å². The molecule has 0 radical (unpaired) electrons. The van der Waals surface area contributed by atoms with Gasteiger partial charge < -0.3 is 5.73 Å². The molecule has 0 aliphatic rings. The van der Waals surface area contributed by atoms with E-state index in [0.717, 1.165) is 15.1 Å². The van der Waals surface area contributed by atoms with Crippen LogP contribution in [0.15, 0.2) is 22.7 Å². The molecule has 0 saturated carbocycles. The van der Waals surface area contributed by atoms with Crippen molar-refractivity contribution in [2.45, 2.75) is 13.0 Å². The van der Waals surface area contributed by atoms with Gasteiger partial charge in [0.05, 0.1) is 0 Å². The Morgan fingerprint density at radius 2 is 2.18 bits per heavy atom. The van der Waals surface area contributed by atoms with Gasteiger partial charge in [-0.15, -0.1) is 0 Å². The van der Waals surface area contributed by atoms with Gasteiger partial charge in [0, 0.05) is 15.5 Å². The number of rotatable bonds is 1. The third-order valence-corrected chi connectivity index (χ3v) is 2.29. The van der Waals surface area contributed by atoms with Crippen LogP contribution in [0.25, 0.3) is 0 Å². The van der Waals surface area contributed by atoms with Crippen molar-refractivity contribution in [2.75, 3.05) is 0 Å². The zero-order valence-corrected chi connectivity index (χ0v) is 8.48. The molecule has 2 N–H and O–H groups in total. The number of nitrogens with two attached hydrogens (primary N) is 1. The van der Waals surface area contributed by atoms with Gasteiger partial charge in [-0.3, -0.25) is 0 Å². The van der Waals surface area contributed by atoms with Crippen molar-refractivity contribution in [3.63, 3.8) is 0 Å². The second-order valence-corrected chi connectivity index (χ2v) is 3.78. The molecule has 1 rings (SSSR count). The first-order valence-electron chi connectivity index (χ1n) is 3.32. The average Bonchev–Trinajstić information content (AvgIpc) is 1.94. The molecule has 0 heterocycles. The van der Waals surface area contributed by atoms with Gasteiger partial charge in [-0.05, 0) is 30.7 Å². The van der Waals surface area contributed by atoms with Crippen molar-refractivity contribution in [3.05, 3.63) is 33.3 Å². The molecule has 1 atom stereocenters. The van der Waals surface area contributed by atoms with Gasteiger partial charge in [-0.2, -0.15) is 0 Å². The SMILES string of the molecule is C[C@H](N)c1cc(Br)ccc1Cl. The van der Waals surface area contributed by atoms with Gasteiger partial charge in [0.1, 0.15) is 0 Å². The zero-order chi connectivity index (χ0) is 8.43. The highest BCUT2D eigenvalue weighted by Gasteiger charge is 2.04. The molecule has 1 nitrogen and oxygen atoms in total. The number of hydrogen-bond acceptors (Lipinski definition) is 1. The summed E-state index contributed by atoms with van der Waals surface area (Å²) >= 11 is 9.24. The van der Waals surface area contributed by atoms with Crippen LogP contribution in [0.5, 0.6) is 0 Å². The highest BCUT2D eigenvalue weighted by atomic mass is 79.9. The predicted molar refractivity (Wildman–Crippen MR) is 51.8 cm³/mol. The molecule has 11 heavy (non-hydrogen) atoms. The second-order valence-electron chi connectivity index (χ2n) is 2.45. The van der Waals surface area contributed by atoms with E-state index in [-0.39, 0.29) is 6.04 Å². The number of benzene rings is 1. The monoisotopic (exact) mass is 233 g/mol. The summed E-state index contributed by atoms with van der Waals surface area (Å²) in [5.41, 5.74) is 6.65. The fourth-order valence-electron chi connectivity index (χ4n) is 0.864. The highest BCUT2D eigenvalue weighted by molar-refractivity contribution is 9.10. The smallest absolute Gasteiger partial charge is 0.0454 e. The maximum absolute atomic E-state index is 5.89. The van der Waals surface area contributed by atoms with Crippen molar-refractivity contribution in [3.8, 4) is 0 Å². The Balaban J connectivity index is 3.13. The van der Waals surface area contributed by atoms with Crippen LogP contribution >= 0.6 is 27.5 Å². The van der Waals surface area contributed by atoms with E-state index < -0.39 is 0 Å². The Bertz CT molecular complexity index is 260. The van der Waals surface area contributed by atoms with E-state index in [1.54, 1.807) is 0 Å². The highest BCUT2D eigenvalue weighted by Crippen LogP contribution is 2.24. The van der Waals surface area contributed by atoms with E-state index in [1.165, 1.54) is 0 Å². The summed E-state index contributed by atoms with van der Waals surface area (Å²) in [6.45, 7) is 1.91. The van der Waals surface area contributed by atoms with E-state index in [4.69, 9.17) is 17.3 Å². The van der Waals surface area contributed by atoms with Gasteiger partial charge in [-0.25, -0.2) is 0 Å². The van der Waals surface area contributed by atoms with Gasteiger partial charge >= 0.3 is 0 Å². The quantitative estimate of drug-likeness (QED) is 0.794. The minimum Gasteiger partial charge on any atom is -0.324 e. The fourth-order valence-corrected chi connectivity index (χ4v) is 1.53. The van der Waals surface area contributed by atoms with E-state index in [0.29, 0.717) is 0 Å². The molecule has 0 aliphatic carbocycles. The lowest BCUT2D eigenvalue weighted by atomic mass is 10.1. The first-order chi connectivity index (χ1) is 5.11. The molecule has 0 spiro atoms. The van der Waals surface area contributed by atoms with Crippen LogP contribution in [-0.2, 0) is 0 Å². The molecule has 0 amide bonds. The largest absolute Gasteiger partial charge is 0.324 e. The summed E-state index contributed by atoms with van der Waals surface area (Å²) in [4.78, 5) is 0. The summed E-state index contributed by atoms with van der Waals surface area (Å²) in [5.74, 6) is 0. The van der Waals surface area contributed by atoms with Crippen LogP contribution in [0, 0.1) is 0 Å². The third kappa shape index (κ3) is 2.19. The topological polar surface area (TPSA) is 26.0 Å². The van der Waals surface area contributed by atoms with E-state index in [2.05, 4.69) is 15.9 Å². The van der Waals surface area contributed by atoms with Crippen molar-refractivity contribution in [1.82, 2.24) is 0 Å². The summed E-state index contributed by atoms with van der Waals surface area (Å²) in [6.07, 6.45) is 0. The molecule has 0 unspecified atom stereocenters. The molecular formula is C8H9BrClN. The molecule has 0 fully saturated rings. The Morgan fingerprint density at radius 3 is 2.64 bits per heavy atom. The van der Waals surface area contributed by atoms with E-state index in [1.807, 2.05) is 25.1 Å². The van der Waals surface area contributed by atoms with Crippen LogP contribution in [0.2, 0.25) is 5.02 Å². The normalized spacial score (nSPS) is 13.1. The Morgan fingerprint density at radius 1 is 1.55 bits per heavy atom. The van der Waals surface area contributed by atoms with E-state index in [9.17, 15) is 0 Å². The van der Waals surface area contributed by atoms with Gasteiger partial charge in [0.25, 0.3) is 0 Å². The molecule has 0 aromatic heterocycles. The van der Waals surface area contributed by atoms with Crippen LogP contribution < -0.4 is 5.73 Å². The number of halogens is 2.